The Morgan fingerprint density at radius 1 is 0.903 bits per heavy atom. The second-order valence-electron chi connectivity index (χ2n) is 8.09. The van der Waals surface area contributed by atoms with Crippen LogP contribution < -0.4 is 0 Å². The molecule has 169 valence electrons. The number of nitrogens with zero attached hydrogens (tertiary/aromatic N) is 3. The maximum atomic E-state index is 8.56. The molecule has 1 saturated carbocycles. The van der Waals surface area contributed by atoms with Gasteiger partial charge in [-0.05, 0) is 33.1 Å². The molecule has 0 bridgehead atoms. The smallest absolute Gasteiger partial charge is 0.155 e. The fraction of sp³-hybridized carbons (Fsp3) is 0.440. The summed E-state index contributed by atoms with van der Waals surface area (Å²) in [6, 6.07) is 22.2. The second-order valence-corrected chi connectivity index (χ2v) is 8.09. The SMILES string of the molecule is CC(O)CC(C)O.[Ir].[c-]1ccccc1-c1nnc(-c2ccccc2)n1C1CCCCC1. The molecule has 2 N–H and O–H groups in total. The average Bonchev–Trinajstić information content (AvgIpc) is 3.20. The maximum Gasteiger partial charge on any atom is 0.155 e. The predicted octanol–water partition coefficient (Wildman–Crippen LogP) is 5.05. The number of aliphatic hydroxyl groups is 2. The van der Waals surface area contributed by atoms with Gasteiger partial charge in [-0.3, -0.25) is 0 Å². The number of aromatic nitrogens is 3. The summed E-state index contributed by atoms with van der Waals surface area (Å²) >= 11 is 0. The molecule has 0 aliphatic heterocycles. The normalized spacial score (nSPS) is 15.9. The van der Waals surface area contributed by atoms with Gasteiger partial charge in [0.15, 0.2) is 5.82 Å². The van der Waals surface area contributed by atoms with Gasteiger partial charge in [0, 0.05) is 31.7 Å². The number of hydrogen-bond acceptors (Lipinski definition) is 4. The van der Waals surface area contributed by atoms with Crippen molar-refractivity contribution in [2.45, 2.75) is 70.6 Å². The van der Waals surface area contributed by atoms with Crippen molar-refractivity contribution in [1.82, 2.24) is 14.8 Å². The van der Waals surface area contributed by atoms with E-state index >= 15 is 0 Å². The summed E-state index contributed by atoms with van der Waals surface area (Å²) in [7, 11) is 0. The minimum absolute atomic E-state index is 0. The molecular formula is C25H32IrN3O2-. The van der Waals surface area contributed by atoms with Crippen molar-refractivity contribution in [3.63, 3.8) is 0 Å². The van der Waals surface area contributed by atoms with Crippen LogP contribution in [0.1, 0.15) is 58.4 Å². The van der Waals surface area contributed by atoms with Crippen LogP contribution in [0.25, 0.3) is 22.8 Å². The monoisotopic (exact) mass is 599 g/mol. The molecule has 1 aromatic heterocycles. The Balaban J connectivity index is 0.000000373. The summed E-state index contributed by atoms with van der Waals surface area (Å²) in [6.07, 6.45) is 6.05. The summed E-state index contributed by atoms with van der Waals surface area (Å²) in [5.74, 6) is 1.92. The Hall–Kier alpha value is -1.85. The van der Waals surface area contributed by atoms with Crippen molar-refractivity contribution >= 4 is 0 Å². The molecule has 1 radical (unpaired) electrons. The van der Waals surface area contributed by atoms with E-state index in [1.54, 1.807) is 13.8 Å². The molecule has 31 heavy (non-hydrogen) atoms. The number of aliphatic hydroxyl groups excluding tert-OH is 2. The first-order chi connectivity index (χ1) is 14.6. The van der Waals surface area contributed by atoms with E-state index in [0.29, 0.717) is 12.5 Å². The molecule has 1 aliphatic rings. The van der Waals surface area contributed by atoms with E-state index in [-0.39, 0.29) is 32.3 Å². The zero-order valence-electron chi connectivity index (χ0n) is 18.2. The number of rotatable bonds is 5. The first-order valence-electron chi connectivity index (χ1n) is 10.9. The van der Waals surface area contributed by atoms with Crippen LogP contribution in [0.4, 0.5) is 0 Å². The van der Waals surface area contributed by atoms with E-state index in [1.165, 1.54) is 32.1 Å². The van der Waals surface area contributed by atoms with Gasteiger partial charge in [0.25, 0.3) is 0 Å². The van der Waals surface area contributed by atoms with Crippen molar-refractivity contribution in [3.8, 4) is 22.8 Å². The molecule has 0 spiro atoms. The summed E-state index contributed by atoms with van der Waals surface area (Å²) in [5, 5.41) is 26.2. The van der Waals surface area contributed by atoms with Crippen LogP contribution in [0.5, 0.6) is 0 Å². The summed E-state index contributed by atoms with van der Waals surface area (Å²) in [6.45, 7) is 3.32. The van der Waals surface area contributed by atoms with E-state index in [1.807, 2.05) is 24.3 Å². The summed E-state index contributed by atoms with van der Waals surface area (Å²) in [4.78, 5) is 0. The van der Waals surface area contributed by atoms with Gasteiger partial charge < -0.3 is 14.8 Å². The van der Waals surface area contributed by atoms with Gasteiger partial charge in [-0.2, -0.15) is 5.10 Å². The van der Waals surface area contributed by atoms with Crippen LogP contribution in [-0.2, 0) is 20.1 Å². The summed E-state index contributed by atoms with van der Waals surface area (Å²) < 4.78 is 2.35. The fourth-order valence-electron chi connectivity index (χ4n) is 3.97. The topological polar surface area (TPSA) is 71.2 Å². The third-order valence-electron chi connectivity index (χ3n) is 5.30. The van der Waals surface area contributed by atoms with E-state index in [9.17, 15) is 0 Å². The van der Waals surface area contributed by atoms with Gasteiger partial charge in [0.2, 0.25) is 0 Å². The predicted molar refractivity (Wildman–Crippen MR) is 120 cm³/mol. The largest absolute Gasteiger partial charge is 0.393 e. The van der Waals surface area contributed by atoms with Crippen molar-refractivity contribution in [2.24, 2.45) is 0 Å². The van der Waals surface area contributed by atoms with Crippen LogP contribution in [0.3, 0.4) is 0 Å². The molecule has 6 heteroatoms. The van der Waals surface area contributed by atoms with Gasteiger partial charge in [-0.25, -0.2) is 0 Å². The molecule has 3 aromatic rings. The van der Waals surface area contributed by atoms with E-state index in [0.717, 1.165) is 22.8 Å². The molecule has 4 rings (SSSR count). The Morgan fingerprint density at radius 2 is 1.52 bits per heavy atom. The van der Waals surface area contributed by atoms with Crippen LogP contribution >= 0.6 is 0 Å². The average molecular weight is 599 g/mol. The van der Waals surface area contributed by atoms with Crippen molar-refractivity contribution in [3.05, 3.63) is 60.7 Å². The van der Waals surface area contributed by atoms with Crippen molar-refractivity contribution < 1.29 is 30.3 Å². The van der Waals surface area contributed by atoms with Crippen LogP contribution in [0, 0.1) is 6.07 Å². The van der Waals surface area contributed by atoms with Crippen molar-refractivity contribution in [1.29, 1.82) is 0 Å². The Kier molecular flexibility index (Phi) is 10.6. The van der Waals surface area contributed by atoms with Crippen LogP contribution in [-0.4, -0.2) is 37.2 Å². The number of benzene rings is 2. The maximum absolute atomic E-state index is 8.56. The molecule has 2 atom stereocenters. The molecular weight excluding hydrogens is 567 g/mol. The first-order valence-corrected chi connectivity index (χ1v) is 10.9. The third kappa shape index (κ3) is 7.36. The van der Waals surface area contributed by atoms with Gasteiger partial charge in [-0.1, -0.05) is 49.6 Å². The third-order valence-corrected chi connectivity index (χ3v) is 5.30. The Morgan fingerprint density at radius 3 is 2.06 bits per heavy atom. The van der Waals surface area contributed by atoms with Gasteiger partial charge in [-0.15, -0.1) is 41.0 Å². The zero-order chi connectivity index (χ0) is 21.3. The van der Waals surface area contributed by atoms with Gasteiger partial charge >= 0.3 is 0 Å². The first kappa shape index (κ1) is 25.4. The molecule has 1 fully saturated rings. The van der Waals surface area contributed by atoms with Gasteiger partial charge in [0.1, 0.15) is 0 Å². The van der Waals surface area contributed by atoms with Gasteiger partial charge in [0.05, 0.1) is 18.0 Å². The van der Waals surface area contributed by atoms with Crippen LogP contribution in [0.15, 0.2) is 54.6 Å². The molecule has 1 aliphatic carbocycles. The fourth-order valence-corrected chi connectivity index (χ4v) is 3.97. The zero-order valence-corrected chi connectivity index (χ0v) is 20.6. The Labute approximate surface area is 198 Å². The summed E-state index contributed by atoms with van der Waals surface area (Å²) in [5.41, 5.74) is 2.15. The minimum atomic E-state index is -0.375. The van der Waals surface area contributed by atoms with Crippen LogP contribution in [0.2, 0.25) is 0 Å². The molecule has 2 unspecified atom stereocenters. The second kappa shape index (κ2) is 12.9. The molecule has 1 heterocycles. The quantitative estimate of drug-likeness (QED) is 0.404. The number of hydrogen-bond donors (Lipinski definition) is 2. The molecule has 0 saturated heterocycles. The van der Waals surface area contributed by atoms with Crippen molar-refractivity contribution in [2.75, 3.05) is 0 Å². The minimum Gasteiger partial charge on any atom is -0.393 e. The molecule has 0 amide bonds. The Bertz CT molecular complexity index is 813. The van der Waals surface area contributed by atoms with E-state index < -0.39 is 0 Å². The standard InChI is InChI=1S/C20H20N3.C5H12O2.Ir/c1-4-10-16(11-5-1)19-21-22-20(17-12-6-2-7-13-17)23(19)18-14-8-3-9-15-18;1-4(6)3-5(2)7;/h1-2,4-7,10-12,18H,3,8-9,14-15H2;4-7H,3H2,1-2H3;/q-1;;. The van der Waals surface area contributed by atoms with E-state index in [4.69, 9.17) is 10.2 Å². The van der Waals surface area contributed by atoms with E-state index in [2.05, 4.69) is 51.2 Å². The molecule has 2 aromatic carbocycles. The molecule has 5 nitrogen and oxygen atoms in total.